The second-order valence-corrected chi connectivity index (χ2v) is 3.86. The van der Waals surface area contributed by atoms with E-state index in [1.165, 1.54) is 12.1 Å². The third-order valence-electron chi connectivity index (χ3n) is 2.52. The Hall–Kier alpha value is -1.72. The molecule has 2 rings (SSSR count). The lowest BCUT2D eigenvalue weighted by Gasteiger charge is -2.19. The summed E-state index contributed by atoms with van der Waals surface area (Å²) >= 11 is 5.25. The van der Waals surface area contributed by atoms with Crippen molar-refractivity contribution in [2.75, 3.05) is 5.88 Å². The van der Waals surface area contributed by atoms with Crippen molar-refractivity contribution in [1.82, 2.24) is 5.32 Å². The van der Waals surface area contributed by atoms with Gasteiger partial charge in [-0.1, -0.05) is 24.3 Å². The molecule has 0 unspecified atom stereocenters. The maximum absolute atomic E-state index is 11.9. The van der Waals surface area contributed by atoms with Crippen molar-refractivity contribution in [2.45, 2.75) is 5.72 Å². The topological polar surface area (TPSA) is 83.5 Å². The van der Waals surface area contributed by atoms with Gasteiger partial charge in [-0.2, -0.15) is 0 Å². The molecule has 17 heavy (non-hydrogen) atoms. The minimum Gasteiger partial charge on any atom is -0.358 e. The third kappa shape index (κ3) is 1.64. The van der Waals surface area contributed by atoms with Crippen LogP contribution in [-0.4, -0.2) is 34.2 Å². The molecule has 5 nitrogen and oxygen atoms in total. The fourth-order valence-electron chi connectivity index (χ4n) is 1.72. The summed E-state index contributed by atoms with van der Waals surface area (Å²) in [5.74, 6) is -2.91. The summed E-state index contributed by atoms with van der Waals surface area (Å²) < 4.78 is 0. The Kier molecular flexibility index (Phi) is 2.73. The predicted molar refractivity (Wildman–Crippen MR) is 58.9 cm³/mol. The number of rotatable bonds is 2. The van der Waals surface area contributed by atoms with Crippen LogP contribution in [0.25, 0.3) is 0 Å². The Morgan fingerprint density at radius 1 is 1.24 bits per heavy atom. The molecule has 2 N–H and O–H groups in total. The number of carbonyl (C=O) groups excluding carboxylic acids is 3. The lowest BCUT2D eigenvalue weighted by molar-refractivity contribution is -0.122. The molecule has 0 atom stereocenters. The van der Waals surface area contributed by atoms with Gasteiger partial charge in [0.1, 0.15) is 5.88 Å². The van der Waals surface area contributed by atoms with Crippen LogP contribution < -0.4 is 5.32 Å². The van der Waals surface area contributed by atoms with E-state index >= 15 is 0 Å². The second kappa shape index (κ2) is 3.94. The first-order valence-corrected chi connectivity index (χ1v) is 5.32. The third-order valence-corrected chi connectivity index (χ3v) is 2.76. The van der Waals surface area contributed by atoms with Gasteiger partial charge in [-0.3, -0.25) is 14.4 Å². The summed E-state index contributed by atoms with van der Waals surface area (Å²) in [6.07, 6.45) is 0. The molecule has 1 aliphatic rings. The average Bonchev–Trinajstić information content (AvgIpc) is 2.53. The number of fused-ring (bicyclic) bond motifs is 1. The van der Waals surface area contributed by atoms with E-state index in [0.717, 1.165) is 0 Å². The smallest absolute Gasteiger partial charge is 0.268 e. The molecule has 0 radical (unpaired) electrons. The summed E-state index contributed by atoms with van der Waals surface area (Å²) in [6.45, 7) is 0. The number of halogens is 1. The molecule has 0 spiro atoms. The van der Waals surface area contributed by atoms with Crippen molar-refractivity contribution in [3.8, 4) is 0 Å². The molecule has 1 amide bonds. The molecule has 1 aromatic rings. The maximum Gasteiger partial charge on any atom is 0.268 e. The second-order valence-electron chi connectivity index (χ2n) is 3.60. The number of hydrogen-bond acceptors (Lipinski definition) is 4. The first-order valence-electron chi connectivity index (χ1n) is 4.78. The van der Waals surface area contributed by atoms with Gasteiger partial charge in [0.25, 0.3) is 5.72 Å². The first kappa shape index (κ1) is 11.8. The molecular weight excluding hydrogens is 246 g/mol. The standard InChI is InChI=1S/C11H8ClNO4/c12-5-8(14)13-11(17)9(15)6-3-1-2-4-7(6)10(11)16/h1-4,17H,5H2,(H,13,14). The van der Waals surface area contributed by atoms with Crippen molar-refractivity contribution < 1.29 is 19.5 Å². The van der Waals surface area contributed by atoms with Gasteiger partial charge in [-0.25, -0.2) is 0 Å². The number of amides is 1. The summed E-state index contributed by atoms with van der Waals surface area (Å²) in [5.41, 5.74) is -2.33. The SMILES string of the molecule is O=C(CCl)NC1(O)C(=O)c2ccccc2C1=O. The van der Waals surface area contributed by atoms with Crippen LogP contribution in [0.3, 0.4) is 0 Å². The summed E-state index contributed by atoms with van der Waals surface area (Å²) in [6, 6.07) is 5.97. The minimum atomic E-state index is -2.52. The van der Waals surface area contributed by atoms with Crippen LogP contribution in [0, 0.1) is 0 Å². The van der Waals surface area contributed by atoms with Crippen molar-refractivity contribution in [1.29, 1.82) is 0 Å². The number of Topliss-reactive ketones (excluding diaryl/α,β-unsaturated/α-hetero) is 2. The molecule has 6 heteroatoms. The van der Waals surface area contributed by atoms with Crippen LogP contribution in [0.1, 0.15) is 20.7 Å². The van der Waals surface area contributed by atoms with E-state index in [-0.39, 0.29) is 11.1 Å². The Labute approximate surface area is 101 Å². The number of ketones is 2. The molecule has 1 aromatic carbocycles. The summed E-state index contributed by atoms with van der Waals surface area (Å²) in [4.78, 5) is 34.8. The van der Waals surface area contributed by atoms with Crippen molar-refractivity contribution in [3.05, 3.63) is 35.4 Å². The minimum absolute atomic E-state index is 0.0925. The highest BCUT2D eigenvalue weighted by Crippen LogP contribution is 2.28. The van der Waals surface area contributed by atoms with Crippen molar-refractivity contribution in [2.24, 2.45) is 0 Å². The Morgan fingerprint density at radius 2 is 1.71 bits per heavy atom. The molecular formula is C11H8ClNO4. The fourth-order valence-corrected chi connectivity index (χ4v) is 1.79. The van der Waals surface area contributed by atoms with Gasteiger partial charge in [0.05, 0.1) is 0 Å². The van der Waals surface area contributed by atoms with E-state index in [1.807, 2.05) is 5.32 Å². The predicted octanol–water partition coefficient (Wildman–Crippen LogP) is 0.109. The van der Waals surface area contributed by atoms with E-state index < -0.39 is 29.1 Å². The molecule has 0 aromatic heterocycles. The average molecular weight is 254 g/mol. The normalized spacial score (nSPS) is 16.8. The number of aliphatic hydroxyl groups is 1. The van der Waals surface area contributed by atoms with Gasteiger partial charge in [-0.05, 0) is 0 Å². The van der Waals surface area contributed by atoms with Crippen LogP contribution in [-0.2, 0) is 4.79 Å². The van der Waals surface area contributed by atoms with E-state index in [4.69, 9.17) is 11.6 Å². The van der Waals surface area contributed by atoms with Gasteiger partial charge < -0.3 is 10.4 Å². The number of benzene rings is 1. The zero-order valence-electron chi connectivity index (χ0n) is 8.57. The first-order chi connectivity index (χ1) is 8.00. The quantitative estimate of drug-likeness (QED) is 0.445. The van der Waals surface area contributed by atoms with Gasteiger partial charge in [0, 0.05) is 11.1 Å². The van der Waals surface area contributed by atoms with Gasteiger partial charge in [0.15, 0.2) is 0 Å². The number of alkyl halides is 1. The number of hydrogen-bond donors (Lipinski definition) is 2. The Bertz CT molecular complexity index is 491. The van der Waals surface area contributed by atoms with Gasteiger partial charge in [-0.15, -0.1) is 11.6 Å². The molecule has 88 valence electrons. The molecule has 1 aliphatic carbocycles. The number of nitrogens with one attached hydrogen (secondary N) is 1. The fraction of sp³-hybridized carbons (Fsp3) is 0.182. The molecule has 0 saturated heterocycles. The van der Waals surface area contributed by atoms with Crippen LogP contribution in [0.4, 0.5) is 0 Å². The van der Waals surface area contributed by atoms with Gasteiger partial charge >= 0.3 is 0 Å². The zero-order valence-corrected chi connectivity index (χ0v) is 9.32. The summed E-state index contributed by atoms with van der Waals surface area (Å²) in [7, 11) is 0. The highest BCUT2D eigenvalue weighted by molar-refractivity contribution is 6.34. The Morgan fingerprint density at radius 3 is 2.12 bits per heavy atom. The van der Waals surface area contributed by atoms with Crippen LogP contribution in [0.15, 0.2) is 24.3 Å². The largest absolute Gasteiger partial charge is 0.358 e. The molecule has 0 saturated carbocycles. The maximum atomic E-state index is 11.9. The number of carbonyl (C=O) groups is 3. The lowest BCUT2D eigenvalue weighted by Crippen LogP contribution is -2.57. The van der Waals surface area contributed by atoms with Crippen LogP contribution >= 0.6 is 11.6 Å². The van der Waals surface area contributed by atoms with E-state index in [9.17, 15) is 19.5 Å². The molecule has 0 aliphatic heterocycles. The van der Waals surface area contributed by atoms with Crippen molar-refractivity contribution in [3.63, 3.8) is 0 Å². The monoisotopic (exact) mass is 253 g/mol. The Balaban J connectivity index is 2.45. The molecule has 0 bridgehead atoms. The lowest BCUT2D eigenvalue weighted by atomic mass is 10.1. The van der Waals surface area contributed by atoms with Crippen molar-refractivity contribution >= 4 is 29.1 Å². The van der Waals surface area contributed by atoms with Crippen LogP contribution in [0.2, 0.25) is 0 Å². The zero-order chi connectivity index (χ0) is 12.6. The molecule has 0 heterocycles. The summed E-state index contributed by atoms with van der Waals surface area (Å²) in [5, 5.41) is 11.9. The molecule has 0 fully saturated rings. The van der Waals surface area contributed by atoms with Gasteiger partial charge in [0.2, 0.25) is 17.5 Å². The van der Waals surface area contributed by atoms with Crippen LogP contribution in [0.5, 0.6) is 0 Å². The highest BCUT2D eigenvalue weighted by Gasteiger charge is 2.52. The van der Waals surface area contributed by atoms with E-state index in [0.29, 0.717) is 0 Å². The highest BCUT2D eigenvalue weighted by atomic mass is 35.5. The van der Waals surface area contributed by atoms with E-state index in [2.05, 4.69) is 0 Å². The van der Waals surface area contributed by atoms with E-state index in [1.54, 1.807) is 12.1 Å².